The largest absolute Gasteiger partial charge is 0.432 e. The number of rotatable bonds is 11. The van der Waals surface area contributed by atoms with Gasteiger partial charge in [0.25, 0.3) is 0 Å². The SMILES string of the molecule is C[C@@H]1[C@@H]2C3=CC[C@@H]4[C@@]5(C)C[C@@H](O)[C@H](O[C@@H]6OC[C@H](O)[C@H](O[C@@H]7OC[C@@H](O)[C@H](O)[C@H]7O)[C@H]6O)[C@@](C)(CO)[C@@H]5CC[C@@]4(C)[C@]3(C)CC[C@@]2(C(=O)O[C@@H]2O[C@H](CO[C@@H]3O[C@H](CO)[C@@H](O)[C@H](O)[C@H]3O)[C@@H](O)[C@H](O)[C@H]2O)CC[C@]1(C)O. The first-order valence-electron chi connectivity index (χ1n) is 27.1. The molecule has 4 aliphatic heterocycles. The molecule has 15 N–H and O–H groups in total. The number of carbonyl (C=O) groups is 1. The van der Waals surface area contributed by atoms with Crippen molar-refractivity contribution >= 4 is 5.97 Å². The lowest BCUT2D eigenvalue weighted by Crippen LogP contribution is -2.70. The smallest absolute Gasteiger partial charge is 0.315 e. The summed E-state index contributed by atoms with van der Waals surface area (Å²) in [5.41, 5.74) is -4.27. The van der Waals surface area contributed by atoms with Crippen LogP contribution in [0.5, 0.6) is 0 Å². The van der Waals surface area contributed by atoms with Gasteiger partial charge in [-0.1, -0.05) is 46.3 Å². The van der Waals surface area contributed by atoms with Crippen molar-refractivity contribution in [1.82, 2.24) is 0 Å². The maximum Gasteiger partial charge on any atom is 0.315 e. The third-order valence-electron chi connectivity index (χ3n) is 21.2. The van der Waals surface area contributed by atoms with Gasteiger partial charge in [0.05, 0.1) is 56.3 Å². The molecule has 30 atom stereocenters. The fourth-order valence-corrected chi connectivity index (χ4v) is 16.2. The number of fused-ring (bicyclic) bond motifs is 7. The molecule has 0 aromatic heterocycles. The number of ether oxygens (including phenoxy) is 8. The molecular formula is C52H84O24. The minimum Gasteiger partial charge on any atom is -0.432 e. The first-order chi connectivity index (χ1) is 35.6. The minimum atomic E-state index is -1.91. The Labute approximate surface area is 441 Å². The molecule has 0 unspecified atom stereocenters. The predicted octanol–water partition coefficient (Wildman–Crippen LogP) is -3.84. The molecule has 0 spiro atoms. The van der Waals surface area contributed by atoms with Crippen molar-refractivity contribution in [3.8, 4) is 0 Å². The molecule has 0 aromatic rings. The molecule has 4 saturated carbocycles. The number of allylic oxidation sites excluding steroid dienone is 2. The van der Waals surface area contributed by atoms with E-state index >= 15 is 4.79 Å². The second-order valence-electron chi connectivity index (χ2n) is 25.1. The number of hydrogen-bond acceptors (Lipinski definition) is 24. The van der Waals surface area contributed by atoms with Gasteiger partial charge in [0.2, 0.25) is 6.29 Å². The van der Waals surface area contributed by atoms with Gasteiger partial charge >= 0.3 is 5.97 Å². The average Bonchev–Trinajstić information content (AvgIpc) is 3.46. The average molecular weight is 1090 g/mol. The predicted molar refractivity (Wildman–Crippen MR) is 255 cm³/mol. The Morgan fingerprint density at radius 3 is 1.89 bits per heavy atom. The summed E-state index contributed by atoms with van der Waals surface area (Å²) in [7, 11) is 0. The highest BCUT2D eigenvalue weighted by atomic mass is 16.8. The van der Waals surface area contributed by atoms with Crippen LogP contribution < -0.4 is 0 Å². The molecule has 24 heteroatoms. The van der Waals surface area contributed by atoms with Crippen LogP contribution >= 0.6 is 0 Å². The fourth-order valence-electron chi connectivity index (χ4n) is 16.2. The second-order valence-corrected chi connectivity index (χ2v) is 25.1. The summed E-state index contributed by atoms with van der Waals surface area (Å²) >= 11 is 0. The lowest BCUT2D eigenvalue weighted by Gasteiger charge is -2.72. The molecule has 5 aliphatic carbocycles. The number of aliphatic hydroxyl groups excluding tert-OH is 14. The zero-order valence-electron chi connectivity index (χ0n) is 44.0. The molecule has 0 radical (unpaired) electrons. The van der Waals surface area contributed by atoms with Crippen LogP contribution in [0, 0.1) is 50.7 Å². The summed E-state index contributed by atoms with van der Waals surface area (Å²) in [6.45, 7) is 9.61. The summed E-state index contributed by atoms with van der Waals surface area (Å²) in [5, 5.41) is 163. The highest BCUT2D eigenvalue weighted by Crippen LogP contribution is 2.76. The normalized spacial score (nSPS) is 56.5. The fraction of sp³-hybridized carbons (Fsp3) is 0.942. The lowest BCUT2D eigenvalue weighted by molar-refractivity contribution is -0.354. The molecule has 0 bridgehead atoms. The quantitative estimate of drug-likeness (QED) is 0.0535. The van der Waals surface area contributed by atoms with Crippen LogP contribution in [0.15, 0.2) is 11.6 Å². The molecular weight excluding hydrogens is 1010 g/mol. The molecule has 4 saturated heterocycles. The Morgan fingerprint density at radius 1 is 0.645 bits per heavy atom. The van der Waals surface area contributed by atoms with E-state index in [0.717, 1.165) is 5.57 Å². The molecule has 8 fully saturated rings. The van der Waals surface area contributed by atoms with E-state index in [1.165, 1.54) is 0 Å². The van der Waals surface area contributed by atoms with Gasteiger partial charge in [-0.3, -0.25) is 4.79 Å². The summed E-state index contributed by atoms with van der Waals surface area (Å²) in [6.07, 6.45) is -26.1. The Bertz CT molecular complexity index is 2100. The van der Waals surface area contributed by atoms with E-state index in [0.29, 0.717) is 32.1 Å². The third kappa shape index (κ3) is 9.26. The lowest BCUT2D eigenvalue weighted by atomic mass is 9.33. The van der Waals surface area contributed by atoms with Crippen LogP contribution in [0.4, 0.5) is 0 Å². The van der Waals surface area contributed by atoms with Gasteiger partial charge in [-0.25, -0.2) is 0 Å². The van der Waals surface area contributed by atoms with Crippen LogP contribution in [-0.4, -0.2) is 244 Å². The summed E-state index contributed by atoms with van der Waals surface area (Å²) in [5.74, 6) is -2.14. The molecule has 0 aromatic carbocycles. The number of aliphatic hydroxyl groups is 15. The third-order valence-corrected chi connectivity index (χ3v) is 21.2. The van der Waals surface area contributed by atoms with Crippen LogP contribution in [0.3, 0.4) is 0 Å². The first-order valence-corrected chi connectivity index (χ1v) is 27.1. The Morgan fingerprint density at radius 2 is 1.24 bits per heavy atom. The van der Waals surface area contributed by atoms with Crippen molar-refractivity contribution in [3.05, 3.63) is 11.6 Å². The Balaban J connectivity index is 0.943. The highest BCUT2D eigenvalue weighted by molar-refractivity contribution is 5.79. The van der Waals surface area contributed by atoms with Crippen molar-refractivity contribution < 1.29 is 119 Å². The van der Waals surface area contributed by atoms with E-state index in [9.17, 15) is 76.6 Å². The van der Waals surface area contributed by atoms with E-state index in [-0.39, 0.29) is 44.3 Å². The van der Waals surface area contributed by atoms with Crippen molar-refractivity contribution in [2.24, 2.45) is 50.7 Å². The number of hydrogen-bond donors (Lipinski definition) is 15. The van der Waals surface area contributed by atoms with Gasteiger partial charge < -0.3 is 114 Å². The summed E-state index contributed by atoms with van der Waals surface area (Å²) in [4.78, 5) is 15.1. The number of esters is 1. The van der Waals surface area contributed by atoms with Gasteiger partial charge in [-0.15, -0.1) is 0 Å². The van der Waals surface area contributed by atoms with Gasteiger partial charge in [-0.05, 0) is 92.3 Å². The van der Waals surface area contributed by atoms with E-state index in [2.05, 4.69) is 26.8 Å². The van der Waals surface area contributed by atoms with E-state index < -0.39 is 193 Å². The maximum atomic E-state index is 15.1. The van der Waals surface area contributed by atoms with Crippen molar-refractivity contribution in [2.45, 2.75) is 221 Å². The molecule has 0 amide bonds. The van der Waals surface area contributed by atoms with Gasteiger partial charge in [-0.2, -0.15) is 0 Å². The van der Waals surface area contributed by atoms with Crippen LogP contribution in [-0.2, 0) is 42.7 Å². The maximum absolute atomic E-state index is 15.1. The summed E-state index contributed by atoms with van der Waals surface area (Å²) in [6, 6.07) is 0. The first kappa shape index (κ1) is 59.0. The van der Waals surface area contributed by atoms with Crippen molar-refractivity contribution in [2.75, 3.05) is 33.0 Å². The van der Waals surface area contributed by atoms with Gasteiger partial charge in [0.15, 0.2) is 18.9 Å². The second kappa shape index (κ2) is 21.3. The summed E-state index contributed by atoms with van der Waals surface area (Å²) < 4.78 is 46.4. The van der Waals surface area contributed by atoms with E-state index in [1.807, 2.05) is 13.8 Å². The van der Waals surface area contributed by atoms with Crippen LogP contribution in [0.2, 0.25) is 0 Å². The van der Waals surface area contributed by atoms with Crippen LogP contribution in [0.1, 0.15) is 92.9 Å². The van der Waals surface area contributed by atoms with Gasteiger partial charge in [0.1, 0.15) is 85.5 Å². The Kier molecular flexibility index (Phi) is 16.5. The number of carbonyl (C=O) groups excluding carboxylic acids is 1. The van der Waals surface area contributed by atoms with Crippen LogP contribution in [0.25, 0.3) is 0 Å². The van der Waals surface area contributed by atoms with Gasteiger partial charge in [0, 0.05) is 11.3 Å². The minimum absolute atomic E-state index is 0.0890. The monoisotopic (exact) mass is 1090 g/mol. The standard InChI is InChI=1S/C52H84O24/c1-21-30-22-7-8-29-47(2)15-23(55)41(75-44-39(66)40(25(57)18-70-44)74-43-36(63)31(58)24(56)17-69-43)48(3,20-54)28(47)9-10-50(29,5)49(22,4)11-13-52(30,14-12-51(21,6)68)46(67)76-45-38(65)35(62)33(60)27(73-45)19-71-42-37(64)34(61)32(59)26(16-53)72-42/h7,21,23-45,53-66,68H,8-20H2,1-6H3/t21-,23-,24-,25+,26-,27-,28-,29-,30-,31+,32-,33-,34+,35+,36-,37-,38-,39-,40+,41+,42-,43+,44+,45+,47+,48+,49-,50-,51+,52-/m1/s1. The zero-order valence-corrected chi connectivity index (χ0v) is 44.0. The molecule has 9 rings (SSSR count). The van der Waals surface area contributed by atoms with Crippen molar-refractivity contribution in [1.29, 1.82) is 0 Å². The van der Waals surface area contributed by atoms with Crippen molar-refractivity contribution in [3.63, 3.8) is 0 Å². The Hall–Kier alpha value is -1.67. The van der Waals surface area contributed by atoms with E-state index in [1.54, 1.807) is 6.92 Å². The highest BCUT2D eigenvalue weighted by Gasteiger charge is 2.72. The molecule has 9 aliphatic rings. The van der Waals surface area contributed by atoms with E-state index in [4.69, 9.17) is 37.9 Å². The zero-order chi connectivity index (χ0) is 55.6. The molecule has 436 valence electrons. The molecule has 4 heterocycles. The topological polar surface area (TPSA) is 394 Å². The molecule has 24 nitrogen and oxygen atoms in total. The molecule has 76 heavy (non-hydrogen) atoms.